The summed E-state index contributed by atoms with van der Waals surface area (Å²) in [5, 5.41) is 16.3. The van der Waals surface area contributed by atoms with E-state index >= 15 is 0 Å². The Hall–Kier alpha value is -2.74. The number of rotatable bonds is 6. The van der Waals surface area contributed by atoms with Crippen LogP contribution in [-0.4, -0.2) is 32.0 Å². The molecule has 1 atom stereocenters. The molecule has 2 aromatic heterocycles. The smallest absolute Gasteiger partial charge is 0.267 e. The molecule has 0 spiro atoms. The van der Waals surface area contributed by atoms with Crippen molar-refractivity contribution in [2.45, 2.75) is 26.4 Å². The van der Waals surface area contributed by atoms with E-state index in [1.165, 1.54) is 11.3 Å². The second-order valence-electron chi connectivity index (χ2n) is 5.04. The zero-order valence-corrected chi connectivity index (χ0v) is 14.2. The Morgan fingerprint density at radius 1 is 1.29 bits per heavy atom. The molecule has 8 heteroatoms. The number of nitrogens with zero attached hydrogens (tertiary/aromatic N) is 4. The molecule has 3 rings (SSSR count). The summed E-state index contributed by atoms with van der Waals surface area (Å²) in [6.45, 7) is 3.65. The molecule has 0 unspecified atom stereocenters. The molecule has 7 nitrogen and oxygen atoms in total. The van der Waals surface area contributed by atoms with Gasteiger partial charge in [0.1, 0.15) is 5.01 Å². The molecule has 0 radical (unpaired) electrons. The highest BCUT2D eigenvalue weighted by Crippen LogP contribution is 2.17. The first-order valence-corrected chi connectivity index (χ1v) is 8.38. The minimum absolute atomic E-state index is 0.289. The summed E-state index contributed by atoms with van der Waals surface area (Å²) in [5.74, 6) is 0.0936. The van der Waals surface area contributed by atoms with Crippen molar-refractivity contribution in [2.75, 3.05) is 5.32 Å². The Morgan fingerprint density at radius 3 is 2.79 bits per heavy atom. The molecule has 0 aliphatic carbocycles. The fraction of sp³-hybridized carbons (Fsp3) is 0.250. The number of benzene rings is 1. The van der Waals surface area contributed by atoms with E-state index in [1.54, 1.807) is 23.9 Å². The summed E-state index contributed by atoms with van der Waals surface area (Å²) in [7, 11) is 0. The number of para-hydroxylation sites is 1. The molecule has 1 amide bonds. The molecule has 124 valence electrons. The van der Waals surface area contributed by atoms with Crippen LogP contribution in [0.1, 0.15) is 18.9 Å². The lowest BCUT2D eigenvalue weighted by atomic mass is 10.3. The van der Waals surface area contributed by atoms with Crippen molar-refractivity contribution in [1.29, 1.82) is 0 Å². The molecule has 1 aromatic carbocycles. The van der Waals surface area contributed by atoms with Crippen LogP contribution < -0.4 is 10.1 Å². The summed E-state index contributed by atoms with van der Waals surface area (Å²) in [5.41, 5.74) is 0.922. The van der Waals surface area contributed by atoms with Crippen molar-refractivity contribution in [3.63, 3.8) is 0 Å². The highest BCUT2D eigenvalue weighted by Gasteiger charge is 2.18. The minimum atomic E-state index is -0.696. The van der Waals surface area contributed by atoms with Crippen LogP contribution in [0.4, 0.5) is 5.13 Å². The number of ether oxygens (including phenoxy) is 1. The largest absolute Gasteiger partial charge is 0.463 e. The van der Waals surface area contributed by atoms with Gasteiger partial charge in [0.05, 0.1) is 5.69 Å². The van der Waals surface area contributed by atoms with Gasteiger partial charge in [0.2, 0.25) is 11.0 Å². The van der Waals surface area contributed by atoms with E-state index in [9.17, 15) is 4.79 Å². The molecule has 0 fully saturated rings. The molecule has 1 N–H and O–H groups in total. The molecule has 3 aromatic rings. The van der Waals surface area contributed by atoms with Gasteiger partial charge in [-0.1, -0.05) is 36.5 Å². The van der Waals surface area contributed by atoms with Crippen LogP contribution >= 0.6 is 11.3 Å². The fourth-order valence-corrected chi connectivity index (χ4v) is 2.67. The molecule has 0 saturated carbocycles. The highest BCUT2D eigenvalue weighted by molar-refractivity contribution is 7.15. The van der Waals surface area contributed by atoms with Gasteiger partial charge >= 0.3 is 0 Å². The van der Waals surface area contributed by atoms with Gasteiger partial charge < -0.3 is 4.74 Å². The van der Waals surface area contributed by atoms with Crippen molar-refractivity contribution >= 4 is 22.4 Å². The molecular weight excluding hydrogens is 326 g/mol. The average molecular weight is 343 g/mol. The Kier molecular flexibility index (Phi) is 4.85. The van der Waals surface area contributed by atoms with Gasteiger partial charge in [-0.2, -0.15) is 0 Å². The summed E-state index contributed by atoms with van der Waals surface area (Å²) >= 11 is 1.36. The van der Waals surface area contributed by atoms with E-state index in [-0.39, 0.29) is 5.91 Å². The second kappa shape index (κ2) is 7.22. The maximum Gasteiger partial charge on any atom is 0.267 e. The third kappa shape index (κ3) is 3.77. The monoisotopic (exact) mass is 343 g/mol. The maximum atomic E-state index is 12.2. The van der Waals surface area contributed by atoms with E-state index in [2.05, 4.69) is 20.6 Å². The van der Waals surface area contributed by atoms with Crippen molar-refractivity contribution in [2.24, 2.45) is 0 Å². The molecule has 24 heavy (non-hydrogen) atoms. The summed E-state index contributed by atoms with van der Waals surface area (Å²) in [6, 6.07) is 11.4. The van der Waals surface area contributed by atoms with Crippen LogP contribution in [-0.2, 0) is 11.2 Å². The van der Waals surface area contributed by atoms with Gasteiger partial charge in [-0.05, 0) is 25.5 Å². The lowest BCUT2D eigenvalue weighted by Crippen LogP contribution is -2.30. The first kappa shape index (κ1) is 16.1. The number of anilines is 1. The average Bonchev–Trinajstić information content (AvgIpc) is 3.25. The van der Waals surface area contributed by atoms with Gasteiger partial charge in [-0.3, -0.25) is 10.1 Å². The minimum Gasteiger partial charge on any atom is -0.463 e. The predicted molar refractivity (Wildman–Crippen MR) is 91.6 cm³/mol. The van der Waals surface area contributed by atoms with Crippen LogP contribution in [0.15, 0.2) is 42.6 Å². The van der Waals surface area contributed by atoms with Crippen LogP contribution in [0.3, 0.4) is 0 Å². The SMILES string of the molecule is CCc1nnc(NC(=O)[C@H](C)Oc2ccn(-c3ccccc3)n2)s1. The van der Waals surface area contributed by atoms with Gasteiger partial charge in [-0.15, -0.1) is 15.3 Å². The number of aryl methyl sites for hydroxylation is 1. The molecule has 0 saturated heterocycles. The number of hydrogen-bond donors (Lipinski definition) is 1. The van der Waals surface area contributed by atoms with Crippen molar-refractivity contribution in [1.82, 2.24) is 20.0 Å². The highest BCUT2D eigenvalue weighted by atomic mass is 32.1. The standard InChI is InChI=1S/C16H17N5O2S/c1-3-14-18-19-16(24-14)17-15(22)11(2)23-13-9-10-21(20-13)12-7-5-4-6-8-12/h4-11H,3H2,1-2H3,(H,17,19,22)/t11-/m0/s1. The van der Waals surface area contributed by atoms with Gasteiger partial charge in [0.15, 0.2) is 6.10 Å². The maximum absolute atomic E-state index is 12.2. The number of carbonyl (C=O) groups excluding carboxylic acids is 1. The Balaban J connectivity index is 1.61. The van der Waals surface area contributed by atoms with Crippen LogP contribution in [0, 0.1) is 0 Å². The molecule has 0 aliphatic heterocycles. The molecule has 2 heterocycles. The molecule has 0 aliphatic rings. The van der Waals surface area contributed by atoms with Crippen LogP contribution in [0.25, 0.3) is 5.69 Å². The summed E-state index contributed by atoms with van der Waals surface area (Å²) < 4.78 is 7.29. The van der Waals surface area contributed by atoms with E-state index < -0.39 is 6.10 Å². The van der Waals surface area contributed by atoms with E-state index in [0.29, 0.717) is 11.0 Å². The topological polar surface area (TPSA) is 81.9 Å². The lowest BCUT2D eigenvalue weighted by Gasteiger charge is -2.11. The first-order valence-electron chi connectivity index (χ1n) is 7.56. The number of amides is 1. The first-order chi connectivity index (χ1) is 11.7. The lowest BCUT2D eigenvalue weighted by molar-refractivity contribution is -0.122. The number of nitrogens with one attached hydrogen (secondary N) is 1. The normalized spacial score (nSPS) is 11.9. The van der Waals surface area contributed by atoms with Gasteiger partial charge in [-0.25, -0.2) is 4.68 Å². The van der Waals surface area contributed by atoms with Gasteiger partial charge in [0.25, 0.3) is 5.91 Å². The Labute approximate surface area is 143 Å². The van der Waals surface area contributed by atoms with Crippen molar-refractivity contribution < 1.29 is 9.53 Å². The third-order valence-electron chi connectivity index (χ3n) is 3.25. The Bertz CT molecular complexity index is 815. The zero-order valence-electron chi connectivity index (χ0n) is 13.3. The van der Waals surface area contributed by atoms with Gasteiger partial charge in [0, 0.05) is 12.3 Å². The van der Waals surface area contributed by atoms with Crippen molar-refractivity contribution in [3.8, 4) is 11.6 Å². The van der Waals surface area contributed by atoms with Crippen molar-refractivity contribution in [3.05, 3.63) is 47.6 Å². The fourth-order valence-electron chi connectivity index (χ4n) is 1.98. The zero-order chi connectivity index (χ0) is 16.9. The van der Waals surface area contributed by atoms with Crippen LogP contribution in [0.2, 0.25) is 0 Å². The number of hydrogen-bond acceptors (Lipinski definition) is 6. The quantitative estimate of drug-likeness (QED) is 0.744. The molecule has 0 bridgehead atoms. The third-order valence-corrected chi connectivity index (χ3v) is 4.23. The number of carbonyl (C=O) groups is 1. The van der Waals surface area contributed by atoms with E-state index in [1.807, 2.05) is 37.3 Å². The van der Waals surface area contributed by atoms with E-state index in [4.69, 9.17) is 4.74 Å². The predicted octanol–water partition coefficient (Wildman–Crippen LogP) is 2.69. The Morgan fingerprint density at radius 2 is 2.08 bits per heavy atom. The molecular formula is C16H17N5O2S. The second-order valence-corrected chi connectivity index (χ2v) is 6.10. The van der Waals surface area contributed by atoms with Crippen LogP contribution in [0.5, 0.6) is 5.88 Å². The van der Waals surface area contributed by atoms with E-state index in [0.717, 1.165) is 17.1 Å². The summed E-state index contributed by atoms with van der Waals surface area (Å²) in [6.07, 6.45) is 1.88. The number of aromatic nitrogens is 4. The summed E-state index contributed by atoms with van der Waals surface area (Å²) in [4.78, 5) is 12.2.